The first-order valence-corrected chi connectivity index (χ1v) is 10.2. The normalized spacial score (nSPS) is 17.5. The number of likely N-dealkylation sites (N-methyl/N-ethyl adjacent to an activating group) is 1. The summed E-state index contributed by atoms with van der Waals surface area (Å²) in [4.78, 5) is 34.7. The molecular weight excluding hydrogens is 366 g/mol. The maximum Gasteiger partial charge on any atom is 0.255 e. The smallest absolute Gasteiger partial charge is 0.255 e. The van der Waals surface area contributed by atoms with Crippen molar-refractivity contribution in [1.29, 1.82) is 0 Å². The molecule has 1 aliphatic rings. The summed E-state index contributed by atoms with van der Waals surface area (Å²) in [6.07, 6.45) is 0. The average Bonchev–Trinajstić information content (AvgIpc) is 2.96. The summed E-state index contributed by atoms with van der Waals surface area (Å²) in [5.74, 6) is -0.0207. The van der Waals surface area contributed by atoms with E-state index in [4.69, 9.17) is 10.1 Å². The Kier molecular flexibility index (Phi) is 5.00. The molecule has 0 N–H and O–H groups in total. The van der Waals surface area contributed by atoms with Gasteiger partial charge in [-0.05, 0) is 53.5 Å². The lowest BCUT2D eigenvalue weighted by Gasteiger charge is -2.44. The number of amides is 2. The molecule has 7 heteroatoms. The van der Waals surface area contributed by atoms with Gasteiger partial charge in [0, 0.05) is 25.8 Å². The van der Waals surface area contributed by atoms with E-state index in [2.05, 4.69) is 34.6 Å². The molecule has 158 valence electrons. The first-order chi connectivity index (χ1) is 13.3. The van der Waals surface area contributed by atoms with Crippen molar-refractivity contribution in [3.8, 4) is 0 Å². The van der Waals surface area contributed by atoms with E-state index in [9.17, 15) is 9.59 Å². The van der Waals surface area contributed by atoms with E-state index in [1.807, 2.05) is 31.5 Å². The zero-order valence-electron chi connectivity index (χ0n) is 19.1. The number of hydrogen-bond donors (Lipinski definition) is 0. The summed E-state index contributed by atoms with van der Waals surface area (Å²) >= 11 is 0. The van der Waals surface area contributed by atoms with Gasteiger partial charge in [0.25, 0.3) is 5.91 Å². The van der Waals surface area contributed by atoms with Crippen molar-refractivity contribution in [2.75, 3.05) is 20.1 Å². The van der Waals surface area contributed by atoms with Gasteiger partial charge in [0.2, 0.25) is 5.91 Å². The lowest BCUT2D eigenvalue weighted by atomic mass is 9.95. The van der Waals surface area contributed by atoms with Crippen molar-refractivity contribution in [1.82, 2.24) is 24.6 Å². The van der Waals surface area contributed by atoms with Crippen LogP contribution in [-0.2, 0) is 10.3 Å². The quantitative estimate of drug-likeness (QED) is 0.777. The van der Waals surface area contributed by atoms with Crippen LogP contribution >= 0.6 is 0 Å². The second-order valence-corrected chi connectivity index (χ2v) is 9.86. The van der Waals surface area contributed by atoms with Crippen LogP contribution in [0.1, 0.15) is 76.1 Å². The van der Waals surface area contributed by atoms with E-state index in [1.54, 1.807) is 16.8 Å². The SMILES string of the molecule is Cc1nn(C(C)(C)C)c2nc(C(C)C)cc(C(=O)N3CCN(C)C(=O)C3(C)C)c12. The number of carbonyl (C=O) groups excluding carboxylic acids is 2. The molecule has 29 heavy (non-hydrogen) atoms. The Morgan fingerprint density at radius 1 is 1.21 bits per heavy atom. The average molecular weight is 400 g/mol. The van der Waals surface area contributed by atoms with E-state index >= 15 is 0 Å². The Morgan fingerprint density at radius 3 is 2.38 bits per heavy atom. The van der Waals surface area contributed by atoms with E-state index in [-0.39, 0.29) is 23.3 Å². The maximum atomic E-state index is 13.8. The zero-order chi connectivity index (χ0) is 21.9. The number of pyridine rings is 1. The largest absolute Gasteiger partial charge is 0.342 e. The Morgan fingerprint density at radius 2 is 1.83 bits per heavy atom. The number of aromatic nitrogens is 3. The van der Waals surface area contributed by atoms with Gasteiger partial charge in [-0.1, -0.05) is 13.8 Å². The van der Waals surface area contributed by atoms with Crippen LogP contribution in [0.15, 0.2) is 6.07 Å². The van der Waals surface area contributed by atoms with Crippen molar-refractivity contribution in [2.45, 2.75) is 72.4 Å². The molecular formula is C22H33N5O2. The van der Waals surface area contributed by atoms with Crippen LogP contribution in [0.5, 0.6) is 0 Å². The summed E-state index contributed by atoms with van der Waals surface area (Å²) < 4.78 is 1.90. The Balaban J connectivity index is 2.25. The molecule has 0 atom stereocenters. The summed E-state index contributed by atoms with van der Waals surface area (Å²) in [5.41, 5.74) is 1.77. The number of hydrogen-bond acceptors (Lipinski definition) is 4. The van der Waals surface area contributed by atoms with Gasteiger partial charge in [0.15, 0.2) is 5.65 Å². The minimum atomic E-state index is -0.897. The molecule has 0 aromatic carbocycles. The molecule has 7 nitrogen and oxygen atoms in total. The molecule has 2 amide bonds. The minimum absolute atomic E-state index is 0.0476. The number of nitrogens with zero attached hydrogens (tertiary/aromatic N) is 5. The van der Waals surface area contributed by atoms with E-state index < -0.39 is 5.54 Å². The van der Waals surface area contributed by atoms with Crippen LogP contribution in [0.3, 0.4) is 0 Å². The second-order valence-electron chi connectivity index (χ2n) is 9.86. The van der Waals surface area contributed by atoms with E-state index in [0.29, 0.717) is 18.7 Å². The highest BCUT2D eigenvalue weighted by Gasteiger charge is 2.44. The van der Waals surface area contributed by atoms with Gasteiger partial charge in [-0.25, -0.2) is 9.67 Å². The van der Waals surface area contributed by atoms with Crippen molar-refractivity contribution in [3.63, 3.8) is 0 Å². The third kappa shape index (κ3) is 3.40. The number of rotatable bonds is 2. The van der Waals surface area contributed by atoms with Crippen molar-refractivity contribution in [3.05, 3.63) is 23.0 Å². The highest BCUT2D eigenvalue weighted by atomic mass is 16.2. The lowest BCUT2D eigenvalue weighted by Crippen LogP contribution is -2.63. The van der Waals surface area contributed by atoms with Gasteiger partial charge < -0.3 is 9.80 Å². The first-order valence-electron chi connectivity index (χ1n) is 10.2. The highest BCUT2D eigenvalue weighted by Crippen LogP contribution is 2.32. The summed E-state index contributed by atoms with van der Waals surface area (Å²) in [6, 6.07) is 1.88. The predicted octanol–water partition coefficient (Wildman–Crippen LogP) is 3.31. The lowest BCUT2D eigenvalue weighted by molar-refractivity contribution is -0.144. The highest BCUT2D eigenvalue weighted by molar-refractivity contribution is 6.08. The third-order valence-corrected chi connectivity index (χ3v) is 5.74. The predicted molar refractivity (Wildman–Crippen MR) is 114 cm³/mol. The van der Waals surface area contributed by atoms with Crippen LogP contribution in [-0.4, -0.2) is 62.1 Å². The molecule has 0 spiro atoms. The number of fused-ring (bicyclic) bond motifs is 1. The van der Waals surface area contributed by atoms with Crippen LogP contribution in [0.4, 0.5) is 0 Å². The Labute approximate surface area is 173 Å². The summed E-state index contributed by atoms with van der Waals surface area (Å²) in [6.45, 7) is 16.9. The molecule has 1 aliphatic heterocycles. The van der Waals surface area contributed by atoms with Gasteiger partial charge in [-0.2, -0.15) is 5.10 Å². The van der Waals surface area contributed by atoms with Gasteiger partial charge in [0.1, 0.15) is 5.54 Å². The molecule has 1 saturated heterocycles. The maximum absolute atomic E-state index is 13.8. The molecule has 0 saturated carbocycles. The molecule has 0 aliphatic carbocycles. The zero-order valence-corrected chi connectivity index (χ0v) is 19.1. The number of piperazine rings is 1. The fourth-order valence-electron chi connectivity index (χ4n) is 3.95. The van der Waals surface area contributed by atoms with Gasteiger partial charge in [0.05, 0.1) is 22.2 Å². The third-order valence-electron chi connectivity index (χ3n) is 5.74. The van der Waals surface area contributed by atoms with Gasteiger partial charge in [-0.3, -0.25) is 9.59 Å². The standard InChI is InChI=1S/C22H33N5O2/c1-13(2)16-12-15(17-14(3)24-27(18(17)23-16)21(4,5)6)19(28)26-11-10-25(9)20(29)22(26,7)8/h12-13H,10-11H2,1-9H3. The van der Waals surface area contributed by atoms with Crippen molar-refractivity contribution < 1.29 is 9.59 Å². The topological polar surface area (TPSA) is 71.3 Å². The molecule has 2 aromatic rings. The van der Waals surface area contributed by atoms with Gasteiger partial charge >= 0.3 is 0 Å². The number of carbonyl (C=O) groups is 2. The van der Waals surface area contributed by atoms with Crippen molar-refractivity contribution >= 4 is 22.8 Å². The Hall–Kier alpha value is -2.44. The van der Waals surface area contributed by atoms with Crippen molar-refractivity contribution in [2.24, 2.45) is 0 Å². The summed E-state index contributed by atoms with van der Waals surface area (Å²) in [5, 5.41) is 5.50. The van der Waals surface area contributed by atoms with Crippen LogP contribution in [0, 0.1) is 6.92 Å². The second kappa shape index (κ2) is 6.82. The first kappa shape index (κ1) is 21.3. The monoisotopic (exact) mass is 399 g/mol. The van der Waals surface area contributed by atoms with E-state index in [1.165, 1.54) is 0 Å². The Bertz CT molecular complexity index is 981. The summed E-state index contributed by atoms with van der Waals surface area (Å²) in [7, 11) is 1.78. The molecule has 1 fully saturated rings. The molecule has 0 unspecified atom stereocenters. The fraction of sp³-hybridized carbons (Fsp3) is 0.636. The molecule has 3 rings (SSSR count). The van der Waals surface area contributed by atoms with Crippen LogP contribution in [0.25, 0.3) is 11.0 Å². The number of aryl methyl sites for hydroxylation is 1. The fourth-order valence-corrected chi connectivity index (χ4v) is 3.95. The van der Waals surface area contributed by atoms with Crippen LogP contribution in [0.2, 0.25) is 0 Å². The molecule has 2 aromatic heterocycles. The van der Waals surface area contributed by atoms with Crippen LogP contribution < -0.4 is 0 Å². The molecule has 0 radical (unpaired) electrons. The molecule has 0 bridgehead atoms. The molecule has 3 heterocycles. The van der Waals surface area contributed by atoms with Gasteiger partial charge in [-0.15, -0.1) is 0 Å². The van der Waals surface area contributed by atoms with E-state index in [0.717, 1.165) is 22.4 Å². The minimum Gasteiger partial charge on any atom is -0.342 e.